The Bertz CT molecular complexity index is 259. The minimum atomic E-state index is -0.423. The van der Waals surface area contributed by atoms with E-state index in [9.17, 15) is 9.90 Å². The molecule has 3 N–H and O–H groups in total. The first-order valence-corrected chi connectivity index (χ1v) is 4.25. The summed E-state index contributed by atoms with van der Waals surface area (Å²) < 4.78 is 0. The largest absolute Gasteiger partial charge is 0.389 e. The Kier molecular flexibility index (Phi) is 1.44. The maximum absolute atomic E-state index is 11.6. The molecule has 66 valence electrons. The van der Waals surface area contributed by atoms with Gasteiger partial charge >= 0.3 is 0 Å². The highest BCUT2D eigenvalue weighted by Gasteiger charge is 2.63. The maximum Gasteiger partial charge on any atom is 0.159 e. The van der Waals surface area contributed by atoms with E-state index in [1.807, 2.05) is 6.08 Å². The van der Waals surface area contributed by atoms with Gasteiger partial charge in [-0.3, -0.25) is 4.79 Å². The van der Waals surface area contributed by atoms with Crippen LogP contribution in [0.25, 0.3) is 0 Å². The van der Waals surface area contributed by atoms with Gasteiger partial charge in [0.1, 0.15) is 0 Å². The lowest BCUT2D eigenvalue weighted by Crippen LogP contribution is -2.33. The third-order valence-corrected chi connectivity index (χ3v) is 2.93. The summed E-state index contributed by atoms with van der Waals surface area (Å²) in [5.74, 6) is 0.191. The molecular formula is C9H13NO2. The Morgan fingerprint density at radius 1 is 1.83 bits per heavy atom. The molecule has 2 rings (SSSR count). The van der Waals surface area contributed by atoms with Gasteiger partial charge in [-0.1, -0.05) is 12.2 Å². The van der Waals surface area contributed by atoms with Crippen molar-refractivity contribution in [2.45, 2.75) is 25.5 Å². The van der Waals surface area contributed by atoms with Crippen LogP contribution in [0.4, 0.5) is 0 Å². The second-order valence-corrected chi connectivity index (χ2v) is 3.85. The SMILES string of the molecule is C[C@H](N)C(=O)[C@]12C=C[C@H](O)[C@H]1C2. The minimum Gasteiger partial charge on any atom is -0.389 e. The Morgan fingerprint density at radius 3 is 2.83 bits per heavy atom. The molecule has 0 radical (unpaired) electrons. The van der Waals surface area contributed by atoms with Crippen molar-refractivity contribution in [2.75, 3.05) is 0 Å². The second-order valence-electron chi connectivity index (χ2n) is 3.85. The van der Waals surface area contributed by atoms with Crippen LogP contribution in [0.2, 0.25) is 0 Å². The molecule has 0 unspecified atom stereocenters. The van der Waals surface area contributed by atoms with Gasteiger partial charge in [0.2, 0.25) is 0 Å². The molecular weight excluding hydrogens is 154 g/mol. The molecule has 3 heteroatoms. The summed E-state index contributed by atoms with van der Waals surface area (Å²) in [5.41, 5.74) is 5.13. The lowest BCUT2D eigenvalue weighted by Gasteiger charge is -2.10. The minimum absolute atomic E-state index is 0.0697. The molecule has 0 spiro atoms. The highest BCUT2D eigenvalue weighted by atomic mass is 16.3. The summed E-state index contributed by atoms with van der Waals surface area (Å²) in [7, 11) is 0. The molecule has 0 bridgehead atoms. The third kappa shape index (κ3) is 0.807. The number of carbonyl (C=O) groups excluding carboxylic acids is 1. The van der Waals surface area contributed by atoms with E-state index in [4.69, 9.17) is 5.73 Å². The molecule has 3 nitrogen and oxygen atoms in total. The van der Waals surface area contributed by atoms with Crippen LogP contribution in [0.1, 0.15) is 13.3 Å². The summed E-state index contributed by atoms with van der Waals surface area (Å²) in [4.78, 5) is 11.6. The first kappa shape index (κ1) is 7.95. The van der Waals surface area contributed by atoms with Crippen LogP contribution in [-0.2, 0) is 4.79 Å². The lowest BCUT2D eigenvalue weighted by atomic mass is 9.96. The van der Waals surface area contributed by atoms with Crippen LogP contribution in [0.3, 0.4) is 0 Å². The molecule has 0 aromatic rings. The Hall–Kier alpha value is -0.670. The first-order chi connectivity index (χ1) is 5.58. The number of aliphatic hydroxyl groups excluding tert-OH is 1. The fraction of sp³-hybridized carbons (Fsp3) is 0.667. The first-order valence-electron chi connectivity index (χ1n) is 4.25. The zero-order valence-electron chi connectivity index (χ0n) is 7.03. The maximum atomic E-state index is 11.6. The normalized spacial score (nSPS) is 45.6. The number of carbonyl (C=O) groups is 1. The molecule has 1 saturated carbocycles. The number of hydrogen-bond donors (Lipinski definition) is 2. The Morgan fingerprint density at radius 2 is 2.50 bits per heavy atom. The number of allylic oxidation sites excluding steroid dienone is 1. The van der Waals surface area contributed by atoms with E-state index in [1.54, 1.807) is 13.0 Å². The van der Waals surface area contributed by atoms with Crippen LogP contribution in [0.15, 0.2) is 12.2 Å². The molecule has 0 amide bonds. The number of fused-ring (bicyclic) bond motifs is 1. The lowest BCUT2D eigenvalue weighted by molar-refractivity contribution is -0.124. The van der Waals surface area contributed by atoms with Crippen molar-refractivity contribution in [2.24, 2.45) is 17.1 Å². The summed E-state index contributed by atoms with van der Waals surface area (Å²) in [6, 6.07) is -0.412. The van der Waals surface area contributed by atoms with Crippen LogP contribution < -0.4 is 5.73 Å². The van der Waals surface area contributed by atoms with Gasteiger partial charge in [0.05, 0.1) is 17.6 Å². The van der Waals surface area contributed by atoms with Gasteiger partial charge in [-0.25, -0.2) is 0 Å². The van der Waals surface area contributed by atoms with Crippen molar-refractivity contribution in [3.05, 3.63) is 12.2 Å². The van der Waals surface area contributed by atoms with Crippen molar-refractivity contribution >= 4 is 5.78 Å². The highest BCUT2D eigenvalue weighted by Crippen LogP contribution is 2.60. The predicted octanol–water partition coefficient (Wildman–Crippen LogP) is -0.160. The average Bonchev–Trinajstić information content (AvgIpc) is 2.68. The zero-order valence-corrected chi connectivity index (χ0v) is 7.03. The Balaban J connectivity index is 2.18. The molecule has 4 atom stereocenters. The van der Waals surface area contributed by atoms with Gasteiger partial charge in [-0.05, 0) is 13.3 Å². The summed E-state index contributed by atoms with van der Waals surface area (Å²) in [5, 5.41) is 9.36. The average molecular weight is 167 g/mol. The van der Waals surface area contributed by atoms with Crippen molar-refractivity contribution in [1.29, 1.82) is 0 Å². The van der Waals surface area contributed by atoms with Crippen LogP contribution in [0.5, 0.6) is 0 Å². The molecule has 2 aliphatic carbocycles. The van der Waals surface area contributed by atoms with E-state index in [1.165, 1.54) is 0 Å². The smallest absolute Gasteiger partial charge is 0.159 e. The van der Waals surface area contributed by atoms with Crippen LogP contribution in [0, 0.1) is 11.3 Å². The van der Waals surface area contributed by atoms with Gasteiger partial charge in [0.25, 0.3) is 0 Å². The van der Waals surface area contributed by atoms with E-state index in [2.05, 4.69) is 0 Å². The van der Waals surface area contributed by atoms with Crippen molar-refractivity contribution in [3.8, 4) is 0 Å². The van der Waals surface area contributed by atoms with Crippen molar-refractivity contribution in [3.63, 3.8) is 0 Å². The molecule has 0 aromatic carbocycles. The molecule has 0 aliphatic heterocycles. The fourth-order valence-electron chi connectivity index (χ4n) is 2.12. The quantitative estimate of drug-likeness (QED) is 0.562. The summed E-state index contributed by atoms with van der Waals surface area (Å²) >= 11 is 0. The molecule has 0 aromatic heterocycles. The number of nitrogens with two attached hydrogens (primary N) is 1. The number of hydrogen-bond acceptors (Lipinski definition) is 3. The highest BCUT2D eigenvalue weighted by molar-refractivity contribution is 5.94. The standard InChI is InChI=1S/C9H13NO2/c1-5(10)8(12)9-3-2-7(11)6(9)4-9/h2-3,5-7,11H,4,10H2,1H3/t5-,6+,7-,9-/m0/s1. The van der Waals surface area contributed by atoms with Gasteiger partial charge in [0.15, 0.2) is 5.78 Å². The van der Waals surface area contributed by atoms with E-state index in [-0.39, 0.29) is 17.1 Å². The molecule has 0 heterocycles. The van der Waals surface area contributed by atoms with Crippen molar-refractivity contribution in [1.82, 2.24) is 0 Å². The van der Waals surface area contributed by atoms with E-state index >= 15 is 0 Å². The summed E-state index contributed by atoms with van der Waals surface area (Å²) in [6.07, 6.45) is 3.89. The topological polar surface area (TPSA) is 63.3 Å². The Labute approximate surface area is 71.3 Å². The number of rotatable bonds is 2. The molecule has 2 aliphatic rings. The van der Waals surface area contributed by atoms with Crippen LogP contribution >= 0.6 is 0 Å². The van der Waals surface area contributed by atoms with Gasteiger partial charge in [-0.2, -0.15) is 0 Å². The summed E-state index contributed by atoms with van der Waals surface area (Å²) in [6.45, 7) is 1.70. The van der Waals surface area contributed by atoms with Gasteiger partial charge in [0, 0.05) is 5.92 Å². The van der Waals surface area contributed by atoms with E-state index in [0.29, 0.717) is 0 Å². The number of Topliss-reactive ketones (excluding diaryl/α,β-unsaturated/α-hetero) is 1. The number of aliphatic hydroxyl groups is 1. The number of ketones is 1. The second kappa shape index (κ2) is 2.18. The van der Waals surface area contributed by atoms with Gasteiger partial charge in [-0.15, -0.1) is 0 Å². The van der Waals surface area contributed by atoms with Crippen molar-refractivity contribution < 1.29 is 9.90 Å². The molecule has 12 heavy (non-hydrogen) atoms. The van der Waals surface area contributed by atoms with E-state index in [0.717, 1.165) is 6.42 Å². The van der Waals surface area contributed by atoms with E-state index < -0.39 is 12.1 Å². The fourth-order valence-corrected chi connectivity index (χ4v) is 2.12. The zero-order chi connectivity index (χ0) is 8.93. The third-order valence-electron chi connectivity index (χ3n) is 2.93. The monoisotopic (exact) mass is 167 g/mol. The van der Waals surface area contributed by atoms with Crippen LogP contribution in [-0.4, -0.2) is 23.0 Å². The molecule has 1 fully saturated rings. The van der Waals surface area contributed by atoms with Gasteiger partial charge < -0.3 is 10.8 Å². The molecule has 0 saturated heterocycles. The predicted molar refractivity (Wildman–Crippen MR) is 44.3 cm³/mol.